The van der Waals surface area contributed by atoms with Crippen molar-refractivity contribution in [1.82, 2.24) is 5.32 Å². The van der Waals surface area contributed by atoms with Crippen molar-refractivity contribution in [1.29, 1.82) is 0 Å². The predicted octanol–water partition coefficient (Wildman–Crippen LogP) is 7.88. The maximum absolute atomic E-state index is 12.3. The Labute approximate surface area is 214 Å². The molecule has 4 heteroatoms. The molecule has 0 saturated carbocycles. The second-order valence-electron chi connectivity index (χ2n) is 9.45. The van der Waals surface area contributed by atoms with E-state index in [0.29, 0.717) is 5.56 Å². The summed E-state index contributed by atoms with van der Waals surface area (Å²) in [7, 11) is 1.70. The van der Waals surface area contributed by atoms with Crippen molar-refractivity contribution in [2.45, 2.75) is 52.3 Å². The van der Waals surface area contributed by atoms with Gasteiger partial charge in [0.05, 0.1) is 18.8 Å². The molecular weight excluding hydrogens is 446 g/mol. The molecule has 0 aliphatic heterocycles. The Kier molecular flexibility index (Phi) is 8.07. The van der Waals surface area contributed by atoms with Gasteiger partial charge in [0.1, 0.15) is 5.75 Å². The fraction of sp³-hybridized carbons (Fsp3) is 0.281. The molecule has 2 atom stereocenters. The van der Waals surface area contributed by atoms with Gasteiger partial charge in [-0.2, -0.15) is 0 Å². The standard InChI is InChI=1S/C32H35NO3/c1-6-31(33-22(4)25-11-9-12-28(19-25)35-5)27-18-26-10-7-8-13-29(26)30(20-27)23-14-16-24(17-15-23)32(34)36-21(2)3/h7-22,31,33H,6H2,1-5H3/t22-,31?/m1/s1. The molecule has 4 rings (SSSR count). The fourth-order valence-corrected chi connectivity index (χ4v) is 4.60. The summed E-state index contributed by atoms with van der Waals surface area (Å²) in [6.45, 7) is 8.11. The summed E-state index contributed by atoms with van der Waals surface area (Å²) in [5.74, 6) is 0.569. The van der Waals surface area contributed by atoms with Crippen LogP contribution in [0.3, 0.4) is 0 Å². The Balaban J connectivity index is 1.68. The lowest BCUT2D eigenvalue weighted by molar-refractivity contribution is 0.0378. The lowest BCUT2D eigenvalue weighted by Crippen LogP contribution is -2.24. The highest BCUT2D eigenvalue weighted by Crippen LogP contribution is 2.34. The average Bonchev–Trinajstić information content (AvgIpc) is 2.90. The maximum Gasteiger partial charge on any atom is 0.338 e. The van der Waals surface area contributed by atoms with Gasteiger partial charge in [-0.1, -0.05) is 55.5 Å². The van der Waals surface area contributed by atoms with Gasteiger partial charge in [0, 0.05) is 12.1 Å². The third-order valence-electron chi connectivity index (χ3n) is 6.51. The largest absolute Gasteiger partial charge is 0.497 e. The second kappa shape index (κ2) is 11.4. The van der Waals surface area contributed by atoms with Gasteiger partial charge in [0.25, 0.3) is 0 Å². The van der Waals surface area contributed by atoms with Crippen molar-refractivity contribution >= 4 is 16.7 Å². The molecule has 0 bridgehead atoms. The van der Waals surface area contributed by atoms with Gasteiger partial charge in [0.15, 0.2) is 0 Å². The summed E-state index contributed by atoms with van der Waals surface area (Å²) in [6.07, 6.45) is 0.808. The van der Waals surface area contributed by atoms with Crippen LogP contribution in [0.25, 0.3) is 21.9 Å². The molecule has 1 unspecified atom stereocenters. The number of methoxy groups -OCH3 is 1. The molecule has 1 N–H and O–H groups in total. The number of carbonyl (C=O) groups excluding carboxylic acids is 1. The molecule has 4 nitrogen and oxygen atoms in total. The first-order valence-electron chi connectivity index (χ1n) is 12.6. The number of hydrogen-bond acceptors (Lipinski definition) is 4. The molecule has 0 fully saturated rings. The van der Waals surface area contributed by atoms with E-state index in [0.717, 1.165) is 23.3 Å². The van der Waals surface area contributed by atoms with Gasteiger partial charge >= 0.3 is 5.97 Å². The highest BCUT2D eigenvalue weighted by Gasteiger charge is 2.17. The van der Waals surface area contributed by atoms with Crippen molar-refractivity contribution in [3.63, 3.8) is 0 Å². The van der Waals surface area contributed by atoms with Crippen LogP contribution in [0.15, 0.2) is 84.9 Å². The molecule has 0 spiro atoms. The van der Waals surface area contributed by atoms with E-state index in [1.54, 1.807) is 7.11 Å². The van der Waals surface area contributed by atoms with Gasteiger partial charge in [-0.25, -0.2) is 4.79 Å². The summed E-state index contributed by atoms with van der Waals surface area (Å²) in [6, 6.07) is 29.3. The quantitative estimate of drug-likeness (QED) is 0.247. The minimum atomic E-state index is -0.295. The fourth-order valence-electron chi connectivity index (χ4n) is 4.60. The van der Waals surface area contributed by atoms with Crippen molar-refractivity contribution in [3.8, 4) is 16.9 Å². The van der Waals surface area contributed by atoms with Crippen LogP contribution in [0.1, 0.15) is 67.7 Å². The van der Waals surface area contributed by atoms with Crippen molar-refractivity contribution in [2.75, 3.05) is 7.11 Å². The summed E-state index contributed by atoms with van der Waals surface area (Å²) < 4.78 is 10.8. The summed E-state index contributed by atoms with van der Waals surface area (Å²) in [5.41, 5.74) is 5.22. The van der Waals surface area contributed by atoms with E-state index < -0.39 is 0 Å². The normalized spacial score (nSPS) is 12.9. The zero-order chi connectivity index (χ0) is 25.7. The van der Waals surface area contributed by atoms with Crippen LogP contribution >= 0.6 is 0 Å². The van der Waals surface area contributed by atoms with Crippen LogP contribution in [-0.2, 0) is 4.74 Å². The maximum atomic E-state index is 12.3. The number of benzene rings is 4. The van der Waals surface area contributed by atoms with Crippen LogP contribution in [0, 0.1) is 0 Å². The Hall–Kier alpha value is -3.63. The Morgan fingerprint density at radius 3 is 2.31 bits per heavy atom. The van der Waals surface area contributed by atoms with Gasteiger partial charge in [0.2, 0.25) is 0 Å². The van der Waals surface area contributed by atoms with Gasteiger partial charge in [-0.15, -0.1) is 0 Å². The zero-order valence-corrected chi connectivity index (χ0v) is 21.7. The number of nitrogens with one attached hydrogen (secondary N) is 1. The Morgan fingerprint density at radius 2 is 1.61 bits per heavy atom. The van der Waals surface area contributed by atoms with Crippen molar-refractivity contribution in [2.24, 2.45) is 0 Å². The highest BCUT2D eigenvalue weighted by atomic mass is 16.5. The molecule has 0 aliphatic carbocycles. The monoisotopic (exact) mass is 481 g/mol. The molecule has 4 aromatic rings. The topological polar surface area (TPSA) is 47.6 Å². The number of esters is 1. The minimum absolute atomic E-state index is 0.143. The summed E-state index contributed by atoms with van der Waals surface area (Å²) in [5, 5.41) is 6.21. The minimum Gasteiger partial charge on any atom is -0.497 e. The Morgan fingerprint density at radius 1 is 0.861 bits per heavy atom. The van der Waals surface area contributed by atoms with E-state index in [-0.39, 0.29) is 24.2 Å². The van der Waals surface area contributed by atoms with E-state index in [2.05, 4.69) is 67.7 Å². The molecule has 4 aromatic carbocycles. The van der Waals surface area contributed by atoms with Gasteiger partial charge in [-0.05, 0) is 96.6 Å². The Bertz CT molecular complexity index is 1330. The predicted molar refractivity (Wildman–Crippen MR) is 148 cm³/mol. The van der Waals surface area contributed by atoms with Crippen LogP contribution in [0.2, 0.25) is 0 Å². The third-order valence-corrected chi connectivity index (χ3v) is 6.51. The van der Waals surface area contributed by atoms with Crippen molar-refractivity contribution < 1.29 is 14.3 Å². The molecule has 0 heterocycles. The zero-order valence-electron chi connectivity index (χ0n) is 21.7. The van der Waals surface area contributed by atoms with E-state index >= 15 is 0 Å². The number of fused-ring (bicyclic) bond motifs is 1. The summed E-state index contributed by atoms with van der Waals surface area (Å²) >= 11 is 0. The molecule has 0 amide bonds. The average molecular weight is 482 g/mol. The number of ether oxygens (including phenoxy) is 2. The second-order valence-corrected chi connectivity index (χ2v) is 9.45. The highest BCUT2D eigenvalue weighted by molar-refractivity contribution is 5.98. The molecule has 186 valence electrons. The van der Waals surface area contributed by atoms with Gasteiger partial charge < -0.3 is 14.8 Å². The molecule has 0 saturated heterocycles. The van der Waals surface area contributed by atoms with Crippen LogP contribution in [-0.4, -0.2) is 19.2 Å². The van der Waals surface area contributed by atoms with E-state index in [4.69, 9.17) is 9.47 Å². The van der Waals surface area contributed by atoms with E-state index in [9.17, 15) is 4.79 Å². The smallest absolute Gasteiger partial charge is 0.338 e. The van der Waals surface area contributed by atoms with Crippen LogP contribution < -0.4 is 10.1 Å². The molecule has 36 heavy (non-hydrogen) atoms. The lowest BCUT2D eigenvalue weighted by atomic mass is 9.91. The first-order valence-corrected chi connectivity index (χ1v) is 12.6. The van der Waals surface area contributed by atoms with E-state index in [1.165, 1.54) is 21.9 Å². The van der Waals surface area contributed by atoms with Crippen LogP contribution in [0.5, 0.6) is 5.75 Å². The van der Waals surface area contributed by atoms with Gasteiger partial charge in [-0.3, -0.25) is 0 Å². The first-order chi connectivity index (χ1) is 17.4. The van der Waals surface area contributed by atoms with Crippen molar-refractivity contribution in [3.05, 3.63) is 102 Å². The molecular formula is C32H35NO3. The summed E-state index contributed by atoms with van der Waals surface area (Å²) in [4.78, 5) is 12.3. The first kappa shape index (κ1) is 25.5. The number of hydrogen-bond donors (Lipinski definition) is 1. The number of carbonyl (C=O) groups is 1. The third kappa shape index (κ3) is 5.77. The van der Waals surface area contributed by atoms with E-state index in [1.807, 2.05) is 50.2 Å². The SMILES string of the molecule is CCC(N[C@H](C)c1cccc(OC)c1)c1cc(-c2ccc(C(=O)OC(C)C)cc2)c2ccccc2c1. The molecule has 0 aliphatic rings. The molecule has 0 aromatic heterocycles. The van der Waals surface area contributed by atoms with Crippen LogP contribution in [0.4, 0.5) is 0 Å². The lowest BCUT2D eigenvalue weighted by Gasteiger charge is -2.24. The molecule has 0 radical (unpaired) electrons. The number of rotatable bonds is 9.